The first kappa shape index (κ1) is 15.9. The van der Waals surface area contributed by atoms with Crippen LogP contribution in [0.25, 0.3) is 0 Å². The molecule has 0 aliphatic heterocycles. The Balaban J connectivity index is 2.46. The van der Waals surface area contributed by atoms with Crippen LogP contribution in [-0.2, 0) is 20.7 Å². The highest BCUT2D eigenvalue weighted by Gasteiger charge is 2.11. The number of halogens is 1. The number of hydrogen-bond acceptors (Lipinski definition) is 4. The van der Waals surface area contributed by atoms with Gasteiger partial charge in [-0.1, -0.05) is 6.07 Å². The van der Waals surface area contributed by atoms with Crippen LogP contribution in [0.5, 0.6) is 5.75 Å². The zero-order chi connectivity index (χ0) is 15.1. The van der Waals surface area contributed by atoms with Crippen molar-refractivity contribution in [2.45, 2.75) is 26.3 Å². The van der Waals surface area contributed by atoms with Crippen LogP contribution in [0.2, 0.25) is 0 Å². The van der Waals surface area contributed by atoms with Crippen molar-refractivity contribution in [3.8, 4) is 5.75 Å². The summed E-state index contributed by atoms with van der Waals surface area (Å²) in [5.41, 5.74) is 0.456. The SMILES string of the molecule is COc1ccc(CC(=O)OCC(=O)NC(C)C)cc1F. The van der Waals surface area contributed by atoms with Gasteiger partial charge in [0.1, 0.15) is 0 Å². The van der Waals surface area contributed by atoms with Crippen LogP contribution in [0, 0.1) is 5.82 Å². The van der Waals surface area contributed by atoms with Gasteiger partial charge in [0, 0.05) is 6.04 Å². The molecule has 1 N–H and O–H groups in total. The maximum atomic E-state index is 13.4. The molecule has 1 amide bonds. The van der Waals surface area contributed by atoms with Crippen molar-refractivity contribution in [3.63, 3.8) is 0 Å². The highest BCUT2D eigenvalue weighted by atomic mass is 19.1. The number of hydrogen-bond donors (Lipinski definition) is 1. The van der Waals surface area contributed by atoms with E-state index < -0.39 is 11.8 Å². The molecule has 110 valence electrons. The lowest BCUT2D eigenvalue weighted by Gasteiger charge is -2.09. The number of esters is 1. The molecule has 0 unspecified atom stereocenters. The van der Waals surface area contributed by atoms with E-state index in [0.29, 0.717) is 5.56 Å². The quantitative estimate of drug-likeness (QED) is 0.802. The summed E-state index contributed by atoms with van der Waals surface area (Å²) >= 11 is 0. The summed E-state index contributed by atoms with van der Waals surface area (Å²) in [6, 6.07) is 4.19. The van der Waals surface area contributed by atoms with Gasteiger partial charge in [-0.3, -0.25) is 9.59 Å². The van der Waals surface area contributed by atoms with E-state index in [9.17, 15) is 14.0 Å². The number of nitrogens with one attached hydrogen (secondary N) is 1. The van der Waals surface area contributed by atoms with Gasteiger partial charge in [-0.25, -0.2) is 4.39 Å². The summed E-state index contributed by atoms with van der Waals surface area (Å²) in [6.07, 6.45) is -0.101. The Bertz CT molecular complexity index is 488. The first-order chi connectivity index (χ1) is 9.42. The average Bonchev–Trinajstić information content (AvgIpc) is 2.36. The Morgan fingerprint density at radius 3 is 2.60 bits per heavy atom. The van der Waals surface area contributed by atoms with E-state index >= 15 is 0 Å². The van der Waals surface area contributed by atoms with Crippen molar-refractivity contribution in [3.05, 3.63) is 29.6 Å². The second kappa shape index (κ2) is 7.47. The van der Waals surface area contributed by atoms with Crippen molar-refractivity contribution in [1.82, 2.24) is 5.32 Å². The standard InChI is InChI=1S/C14H18FNO4/c1-9(2)16-13(17)8-20-14(18)7-10-4-5-12(19-3)11(15)6-10/h4-6,9H,7-8H2,1-3H3,(H,16,17). The number of methoxy groups -OCH3 is 1. The van der Waals surface area contributed by atoms with E-state index in [-0.39, 0.29) is 30.7 Å². The number of ether oxygens (including phenoxy) is 2. The fraction of sp³-hybridized carbons (Fsp3) is 0.429. The van der Waals surface area contributed by atoms with Crippen LogP contribution in [0.4, 0.5) is 4.39 Å². The number of carbonyl (C=O) groups excluding carboxylic acids is 2. The third-order valence-electron chi connectivity index (χ3n) is 2.38. The number of rotatable bonds is 6. The molecule has 6 heteroatoms. The minimum Gasteiger partial charge on any atom is -0.494 e. The highest BCUT2D eigenvalue weighted by Crippen LogP contribution is 2.18. The third-order valence-corrected chi connectivity index (χ3v) is 2.38. The van der Waals surface area contributed by atoms with Gasteiger partial charge in [0.05, 0.1) is 13.5 Å². The fourth-order valence-corrected chi connectivity index (χ4v) is 1.55. The van der Waals surface area contributed by atoms with Crippen LogP contribution in [0.1, 0.15) is 19.4 Å². The molecule has 5 nitrogen and oxygen atoms in total. The van der Waals surface area contributed by atoms with E-state index in [1.807, 2.05) is 0 Å². The summed E-state index contributed by atoms with van der Waals surface area (Å²) in [7, 11) is 1.36. The Morgan fingerprint density at radius 2 is 2.05 bits per heavy atom. The van der Waals surface area contributed by atoms with Crippen molar-refractivity contribution in [1.29, 1.82) is 0 Å². The molecule has 20 heavy (non-hydrogen) atoms. The molecule has 1 aromatic rings. The minimum absolute atomic E-state index is 0.0168. The Kier molecular flexibility index (Phi) is 5.96. The maximum Gasteiger partial charge on any atom is 0.310 e. The van der Waals surface area contributed by atoms with Gasteiger partial charge >= 0.3 is 5.97 Å². The monoisotopic (exact) mass is 283 g/mol. The zero-order valence-corrected chi connectivity index (χ0v) is 11.7. The normalized spacial score (nSPS) is 10.2. The molecule has 0 bridgehead atoms. The summed E-state index contributed by atoms with van der Waals surface area (Å²) < 4.78 is 23.0. The number of benzene rings is 1. The lowest BCUT2D eigenvalue weighted by Crippen LogP contribution is -2.34. The van der Waals surface area contributed by atoms with Gasteiger partial charge < -0.3 is 14.8 Å². The van der Waals surface area contributed by atoms with Crippen molar-refractivity contribution < 1.29 is 23.5 Å². The van der Waals surface area contributed by atoms with Gasteiger partial charge in [-0.15, -0.1) is 0 Å². The molecule has 0 heterocycles. The summed E-state index contributed by atoms with van der Waals surface area (Å²) in [5.74, 6) is -1.39. The molecular formula is C14H18FNO4. The Hall–Kier alpha value is -2.11. The predicted molar refractivity (Wildman–Crippen MR) is 70.9 cm³/mol. The van der Waals surface area contributed by atoms with E-state index in [4.69, 9.17) is 9.47 Å². The average molecular weight is 283 g/mol. The lowest BCUT2D eigenvalue weighted by atomic mass is 10.1. The van der Waals surface area contributed by atoms with Gasteiger partial charge in [0.15, 0.2) is 18.2 Å². The largest absolute Gasteiger partial charge is 0.494 e. The molecule has 1 rings (SSSR count). The van der Waals surface area contributed by atoms with Crippen molar-refractivity contribution >= 4 is 11.9 Å². The van der Waals surface area contributed by atoms with Crippen LogP contribution in [0.3, 0.4) is 0 Å². The summed E-state index contributed by atoms with van der Waals surface area (Å²) in [6.45, 7) is 3.27. The topological polar surface area (TPSA) is 64.6 Å². The Morgan fingerprint density at radius 1 is 1.35 bits per heavy atom. The maximum absolute atomic E-state index is 13.4. The predicted octanol–water partition coefficient (Wildman–Crippen LogP) is 1.44. The van der Waals surface area contributed by atoms with E-state index in [0.717, 1.165) is 0 Å². The van der Waals surface area contributed by atoms with Crippen LogP contribution in [0.15, 0.2) is 18.2 Å². The van der Waals surface area contributed by atoms with Crippen molar-refractivity contribution in [2.24, 2.45) is 0 Å². The van der Waals surface area contributed by atoms with Gasteiger partial charge in [0.25, 0.3) is 5.91 Å². The molecule has 0 atom stereocenters. The lowest BCUT2D eigenvalue weighted by molar-refractivity contribution is -0.148. The molecule has 0 saturated heterocycles. The van der Waals surface area contributed by atoms with E-state index in [1.165, 1.54) is 19.2 Å². The first-order valence-corrected chi connectivity index (χ1v) is 6.19. The number of amides is 1. The smallest absolute Gasteiger partial charge is 0.310 e. The summed E-state index contributed by atoms with van der Waals surface area (Å²) in [5, 5.41) is 2.59. The molecular weight excluding hydrogens is 265 g/mol. The van der Waals surface area contributed by atoms with Gasteiger partial charge in [-0.05, 0) is 31.5 Å². The molecule has 0 aliphatic carbocycles. The second-order valence-corrected chi connectivity index (χ2v) is 4.53. The van der Waals surface area contributed by atoms with Gasteiger partial charge in [-0.2, -0.15) is 0 Å². The molecule has 0 aromatic heterocycles. The molecule has 0 spiro atoms. The van der Waals surface area contributed by atoms with Crippen LogP contribution >= 0.6 is 0 Å². The fourth-order valence-electron chi connectivity index (χ4n) is 1.55. The Labute approximate surface area is 117 Å². The van der Waals surface area contributed by atoms with Crippen molar-refractivity contribution in [2.75, 3.05) is 13.7 Å². The van der Waals surface area contributed by atoms with Gasteiger partial charge in [0.2, 0.25) is 0 Å². The molecule has 1 aromatic carbocycles. The number of carbonyl (C=O) groups is 2. The second-order valence-electron chi connectivity index (χ2n) is 4.53. The third kappa shape index (κ3) is 5.26. The zero-order valence-electron chi connectivity index (χ0n) is 11.7. The molecule has 0 radical (unpaired) electrons. The van der Waals surface area contributed by atoms with Crippen LogP contribution < -0.4 is 10.1 Å². The molecule has 0 aliphatic rings. The molecule has 0 saturated carbocycles. The van der Waals surface area contributed by atoms with E-state index in [1.54, 1.807) is 19.9 Å². The minimum atomic E-state index is -0.589. The molecule has 0 fully saturated rings. The first-order valence-electron chi connectivity index (χ1n) is 6.19. The summed E-state index contributed by atoms with van der Waals surface area (Å²) in [4.78, 5) is 22.8. The van der Waals surface area contributed by atoms with E-state index in [2.05, 4.69) is 5.32 Å². The van der Waals surface area contributed by atoms with Crippen LogP contribution in [-0.4, -0.2) is 31.6 Å². The highest BCUT2D eigenvalue weighted by molar-refractivity contribution is 5.81.